The lowest BCUT2D eigenvalue weighted by Gasteiger charge is -2.15. The summed E-state index contributed by atoms with van der Waals surface area (Å²) in [5.41, 5.74) is 1.24. The van der Waals surface area contributed by atoms with Gasteiger partial charge in [0.2, 0.25) is 0 Å². The molecular weight excluding hydrogens is 432 g/mol. The molecule has 5 amide bonds. The number of benzene rings is 3. The van der Waals surface area contributed by atoms with Crippen LogP contribution in [-0.4, -0.2) is 35.3 Å². The predicted octanol–water partition coefficient (Wildman–Crippen LogP) is 4.10. The number of imide groups is 4. The van der Waals surface area contributed by atoms with Crippen molar-refractivity contribution in [2.45, 2.75) is 6.42 Å². The zero-order valence-electron chi connectivity index (χ0n) is 16.7. The summed E-state index contributed by atoms with van der Waals surface area (Å²) in [4.78, 5) is 51.3. The Hall–Kier alpha value is -3.97. The maximum atomic E-state index is 12.8. The molecule has 0 unspecified atom stereocenters. The van der Waals surface area contributed by atoms with E-state index < -0.39 is 23.8 Å². The zero-order valence-corrected chi connectivity index (χ0v) is 17.5. The number of urea groups is 1. The van der Waals surface area contributed by atoms with Crippen molar-refractivity contribution in [1.82, 2.24) is 4.90 Å². The van der Waals surface area contributed by atoms with E-state index in [1.165, 1.54) is 24.3 Å². The third kappa shape index (κ3) is 4.10. The Labute approximate surface area is 188 Å². The third-order valence-corrected chi connectivity index (χ3v) is 5.21. The lowest BCUT2D eigenvalue weighted by atomic mass is 10.2. The number of halogens is 1. The number of hydrogen-bond acceptors (Lipinski definition) is 5. The fourth-order valence-electron chi connectivity index (χ4n) is 3.25. The molecule has 0 N–H and O–H groups in total. The summed E-state index contributed by atoms with van der Waals surface area (Å²) in [6.45, 7) is 0.448. The maximum Gasteiger partial charge on any atom is 0.346 e. The molecule has 1 heterocycles. The second-order valence-corrected chi connectivity index (χ2v) is 7.33. The van der Waals surface area contributed by atoms with E-state index in [2.05, 4.69) is 0 Å². The van der Waals surface area contributed by atoms with Crippen LogP contribution in [0.5, 0.6) is 5.75 Å². The summed E-state index contributed by atoms with van der Waals surface area (Å²) in [6.07, 6.45) is 0.722. The lowest BCUT2D eigenvalue weighted by molar-refractivity contribution is -0.138. The summed E-state index contributed by atoms with van der Waals surface area (Å²) in [6, 6.07) is 20.9. The quantitative estimate of drug-likeness (QED) is 0.322. The summed E-state index contributed by atoms with van der Waals surface area (Å²) < 4.78 is 5.70. The van der Waals surface area contributed by atoms with Crippen LogP contribution in [0.2, 0.25) is 5.02 Å². The van der Waals surface area contributed by atoms with Crippen molar-refractivity contribution in [3.05, 3.63) is 95.0 Å². The number of amides is 5. The average Bonchev–Trinajstić information content (AvgIpc) is 3.03. The zero-order chi connectivity index (χ0) is 22.7. The summed E-state index contributed by atoms with van der Waals surface area (Å²) in [5.74, 6) is -2.77. The van der Waals surface area contributed by atoms with Crippen LogP contribution in [-0.2, 0) is 16.0 Å². The van der Waals surface area contributed by atoms with Gasteiger partial charge in [0.15, 0.2) is 0 Å². The smallest absolute Gasteiger partial charge is 0.346 e. The first-order valence-corrected chi connectivity index (χ1v) is 10.1. The molecule has 8 heteroatoms. The van der Waals surface area contributed by atoms with Crippen LogP contribution >= 0.6 is 11.6 Å². The van der Waals surface area contributed by atoms with Crippen LogP contribution in [0.4, 0.5) is 10.5 Å². The third-order valence-electron chi connectivity index (χ3n) is 4.88. The predicted molar refractivity (Wildman–Crippen MR) is 118 cm³/mol. The molecule has 1 saturated heterocycles. The van der Waals surface area contributed by atoms with Gasteiger partial charge in [-0.15, -0.1) is 0 Å². The van der Waals surface area contributed by atoms with Crippen LogP contribution in [0, 0.1) is 0 Å². The van der Waals surface area contributed by atoms with E-state index >= 15 is 0 Å². The molecule has 1 aliphatic heterocycles. The van der Waals surface area contributed by atoms with Crippen molar-refractivity contribution in [3.8, 4) is 5.75 Å². The van der Waals surface area contributed by atoms with Gasteiger partial charge in [0.05, 0.1) is 22.9 Å². The molecule has 32 heavy (non-hydrogen) atoms. The number of nitrogens with zero attached hydrogens (tertiary/aromatic N) is 2. The van der Waals surface area contributed by atoms with Gasteiger partial charge in [-0.1, -0.05) is 54.1 Å². The van der Waals surface area contributed by atoms with E-state index in [0.717, 1.165) is 12.0 Å². The minimum Gasteiger partial charge on any atom is -0.493 e. The molecule has 0 aliphatic carbocycles. The number of carbonyl (C=O) groups excluding carboxylic acids is 4. The van der Waals surface area contributed by atoms with E-state index in [0.29, 0.717) is 22.2 Å². The van der Waals surface area contributed by atoms with Crippen LogP contribution in [0.3, 0.4) is 0 Å². The molecular formula is C24H17ClN2O5. The molecule has 0 spiro atoms. The maximum absolute atomic E-state index is 12.8. The van der Waals surface area contributed by atoms with E-state index in [9.17, 15) is 19.2 Å². The number of anilines is 1. The molecule has 7 nitrogen and oxygen atoms in total. The van der Waals surface area contributed by atoms with Gasteiger partial charge >= 0.3 is 17.8 Å². The van der Waals surface area contributed by atoms with Gasteiger partial charge in [0, 0.05) is 6.42 Å². The largest absolute Gasteiger partial charge is 0.493 e. The summed E-state index contributed by atoms with van der Waals surface area (Å²) in [7, 11) is 0. The average molecular weight is 449 g/mol. The fraction of sp³-hybridized carbons (Fsp3) is 0.0833. The standard InChI is InChI=1S/C24H17ClN2O5/c25-20-9-5-4-8-19(20)21(28)27-23(30)22(29)26(24(27)31)17-10-12-18(13-11-17)32-15-14-16-6-2-1-3-7-16/h1-13H,14-15H2. The van der Waals surface area contributed by atoms with Gasteiger partial charge in [-0.3, -0.25) is 14.4 Å². The van der Waals surface area contributed by atoms with Gasteiger partial charge < -0.3 is 4.74 Å². The minimum absolute atomic E-state index is 0.0484. The molecule has 0 bridgehead atoms. The molecule has 4 rings (SSSR count). The minimum atomic E-state index is -1.23. The Balaban J connectivity index is 1.47. The van der Waals surface area contributed by atoms with Gasteiger partial charge in [-0.25, -0.2) is 9.69 Å². The first kappa shape index (κ1) is 21.3. The Kier molecular flexibility index (Phi) is 6.00. The van der Waals surface area contributed by atoms with E-state index in [1.807, 2.05) is 30.3 Å². The van der Waals surface area contributed by atoms with Crippen LogP contribution in [0.15, 0.2) is 78.9 Å². The first-order chi connectivity index (χ1) is 15.5. The topological polar surface area (TPSA) is 84.0 Å². The van der Waals surface area contributed by atoms with Crippen molar-refractivity contribution in [3.63, 3.8) is 0 Å². The normalized spacial score (nSPS) is 13.6. The first-order valence-electron chi connectivity index (χ1n) is 9.75. The van der Waals surface area contributed by atoms with Gasteiger partial charge in [0.1, 0.15) is 5.75 Å². The molecule has 0 radical (unpaired) electrons. The molecule has 0 atom stereocenters. The Bertz CT molecular complexity index is 1190. The number of rotatable bonds is 6. The Morgan fingerprint density at radius 2 is 1.47 bits per heavy atom. The molecule has 160 valence electrons. The SMILES string of the molecule is O=C1C(=O)N(c2ccc(OCCc3ccccc3)cc2)C(=O)N1C(=O)c1ccccc1Cl. The van der Waals surface area contributed by atoms with Crippen LogP contribution in [0.25, 0.3) is 0 Å². The molecule has 1 fully saturated rings. The highest BCUT2D eigenvalue weighted by molar-refractivity contribution is 6.56. The number of ether oxygens (including phenoxy) is 1. The van der Waals surface area contributed by atoms with E-state index in [-0.39, 0.29) is 16.3 Å². The second kappa shape index (κ2) is 9.03. The molecule has 3 aromatic rings. The molecule has 0 aromatic heterocycles. The molecule has 3 aromatic carbocycles. The Morgan fingerprint density at radius 3 is 2.16 bits per heavy atom. The Morgan fingerprint density at radius 1 is 0.812 bits per heavy atom. The van der Waals surface area contributed by atoms with Crippen molar-refractivity contribution in [2.24, 2.45) is 0 Å². The highest BCUT2D eigenvalue weighted by atomic mass is 35.5. The second-order valence-electron chi connectivity index (χ2n) is 6.93. The van der Waals surface area contributed by atoms with Crippen molar-refractivity contribution in [2.75, 3.05) is 11.5 Å². The van der Waals surface area contributed by atoms with Crippen LogP contribution in [0.1, 0.15) is 15.9 Å². The van der Waals surface area contributed by atoms with Gasteiger partial charge in [-0.05, 0) is 42.0 Å². The summed E-state index contributed by atoms with van der Waals surface area (Å²) in [5, 5.41) is 0.0704. The highest BCUT2D eigenvalue weighted by Gasteiger charge is 2.49. The van der Waals surface area contributed by atoms with Crippen molar-refractivity contribution < 1.29 is 23.9 Å². The fourth-order valence-corrected chi connectivity index (χ4v) is 3.47. The monoisotopic (exact) mass is 448 g/mol. The van der Waals surface area contributed by atoms with Crippen LogP contribution < -0.4 is 9.64 Å². The van der Waals surface area contributed by atoms with Gasteiger partial charge in [0.25, 0.3) is 5.91 Å². The van der Waals surface area contributed by atoms with Crippen molar-refractivity contribution >= 4 is 41.0 Å². The van der Waals surface area contributed by atoms with E-state index in [4.69, 9.17) is 16.3 Å². The van der Waals surface area contributed by atoms with Crippen molar-refractivity contribution in [1.29, 1.82) is 0 Å². The summed E-state index contributed by atoms with van der Waals surface area (Å²) >= 11 is 6.00. The molecule has 1 aliphatic rings. The number of hydrogen-bond donors (Lipinski definition) is 0. The van der Waals surface area contributed by atoms with E-state index in [1.54, 1.807) is 24.3 Å². The lowest BCUT2D eigenvalue weighted by Crippen LogP contribution is -2.38. The number of carbonyl (C=O) groups is 4. The highest BCUT2D eigenvalue weighted by Crippen LogP contribution is 2.27. The molecule has 0 saturated carbocycles. The van der Waals surface area contributed by atoms with Gasteiger partial charge in [-0.2, -0.15) is 4.90 Å².